The molecule has 0 aromatic carbocycles. The predicted octanol–water partition coefficient (Wildman–Crippen LogP) is 0.665. The molecule has 0 fully saturated rings. The lowest BCUT2D eigenvalue weighted by Crippen LogP contribution is -2.23. The maximum Gasteiger partial charge on any atom is 0.293 e. The third-order valence-corrected chi connectivity index (χ3v) is 2.32. The van der Waals surface area contributed by atoms with E-state index in [-0.39, 0.29) is 5.56 Å². The van der Waals surface area contributed by atoms with Crippen LogP contribution in [0.2, 0.25) is 0 Å². The maximum absolute atomic E-state index is 11.8. The molecule has 0 bridgehead atoms. The number of nitrogens with one attached hydrogen (secondary N) is 1. The summed E-state index contributed by atoms with van der Waals surface area (Å²) in [5.74, 6) is 0.333. The van der Waals surface area contributed by atoms with E-state index >= 15 is 0 Å². The quantitative estimate of drug-likeness (QED) is 0.837. The predicted molar refractivity (Wildman–Crippen MR) is 63.5 cm³/mol. The van der Waals surface area contributed by atoms with Crippen molar-refractivity contribution >= 4 is 5.82 Å². The Morgan fingerprint density at radius 2 is 2.29 bits per heavy atom. The smallest absolute Gasteiger partial charge is 0.293 e. The molecule has 17 heavy (non-hydrogen) atoms. The van der Waals surface area contributed by atoms with Crippen molar-refractivity contribution in [3.8, 4) is 0 Å². The van der Waals surface area contributed by atoms with E-state index in [1.807, 2.05) is 13.0 Å². The van der Waals surface area contributed by atoms with Gasteiger partial charge < -0.3 is 9.88 Å². The highest BCUT2D eigenvalue weighted by Gasteiger charge is 2.03. The molecule has 6 nitrogen and oxygen atoms in total. The van der Waals surface area contributed by atoms with Gasteiger partial charge in [0.1, 0.15) is 0 Å². The lowest BCUT2D eigenvalue weighted by molar-refractivity contribution is 0.718. The number of anilines is 1. The van der Waals surface area contributed by atoms with Crippen molar-refractivity contribution in [3.63, 3.8) is 0 Å². The average molecular weight is 231 g/mol. The minimum atomic E-state index is -0.126. The fraction of sp³-hybridized carbons (Fsp3) is 0.273. The van der Waals surface area contributed by atoms with Crippen LogP contribution in [0.5, 0.6) is 0 Å². The van der Waals surface area contributed by atoms with Crippen molar-refractivity contribution in [1.29, 1.82) is 0 Å². The molecule has 0 saturated carbocycles. The maximum atomic E-state index is 11.8. The van der Waals surface area contributed by atoms with Crippen molar-refractivity contribution in [2.24, 2.45) is 0 Å². The first kappa shape index (κ1) is 11.3. The Hall–Kier alpha value is -2.24. The topological polar surface area (TPSA) is 72.7 Å². The van der Waals surface area contributed by atoms with Gasteiger partial charge >= 0.3 is 0 Å². The summed E-state index contributed by atoms with van der Waals surface area (Å²) < 4.78 is 1.59. The summed E-state index contributed by atoms with van der Waals surface area (Å²) in [4.78, 5) is 15.8. The van der Waals surface area contributed by atoms with Crippen molar-refractivity contribution in [2.75, 3.05) is 5.32 Å². The first-order chi connectivity index (χ1) is 8.31. The summed E-state index contributed by atoms with van der Waals surface area (Å²) in [6.07, 6.45) is 4.87. The summed E-state index contributed by atoms with van der Waals surface area (Å²) in [7, 11) is 0. The van der Waals surface area contributed by atoms with E-state index < -0.39 is 0 Å². The molecular formula is C11H13N5O. The molecule has 2 rings (SSSR count). The number of hydrogen-bond donors (Lipinski definition) is 1. The van der Waals surface area contributed by atoms with Gasteiger partial charge in [-0.25, -0.2) is 4.98 Å². The fourth-order valence-corrected chi connectivity index (χ4v) is 1.42. The Bertz CT molecular complexity index is 537. The first-order valence-electron chi connectivity index (χ1n) is 5.37. The Kier molecular flexibility index (Phi) is 3.44. The van der Waals surface area contributed by atoms with Crippen LogP contribution in [0.25, 0.3) is 0 Å². The molecule has 6 heteroatoms. The highest BCUT2D eigenvalue weighted by Crippen LogP contribution is 1.97. The van der Waals surface area contributed by atoms with Crippen LogP contribution in [0.4, 0.5) is 5.82 Å². The number of nitrogens with zero attached hydrogens (tertiary/aromatic N) is 4. The summed E-state index contributed by atoms with van der Waals surface area (Å²) in [6.45, 7) is 2.97. The standard InChI is InChI=1S/C11H13N5O/c1-2-16-7-6-12-10(11(16)17)13-8-9-4-3-5-14-15-9/h3-7H,2,8H2,1H3,(H,12,13). The summed E-state index contributed by atoms with van der Waals surface area (Å²) >= 11 is 0. The van der Waals surface area contributed by atoms with Gasteiger partial charge in [0.15, 0.2) is 5.82 Å². The van der Waals surface area contributed by atoms with Crippen LogP contribution >= 0.6 is 0 Å². The van der Waals surface area contributed by atoms with E-state index in [9.17, 15) is 4.79 Å². The zero-order chi connectivity index (χ0) is 12.1. The molecule has 2 aromatic heterocycles. The zero-order valence-electron chi connectivity index (χ0n) is 9.50. The molecule has 0 aliphatic carbocycles. The number of aromatic nitrogens is 4. The fourth-order valence-electron chi connectivity index (χ4n) is 1.42. The van der Waals surface area contributed by atoms with Gasteiger partial charge in [-0.1, -0.05) is 0 Å². The van der Waals surface area contributed by atoms with E-state index in [2.05, 4.69) is 20.5 Å². The molecule has 0 aliphatic rings. The summed E-state index contributed by atoms with van der Waals surface area (Å²) in [5, 5.41) is 10.6. The molecule has 0 saturated heterocycles. The molecule has 0 aliphatic heterocycles. The van der Waals surface area contributed by atoms with E-state index in [0.29, 0.717) is 18.9 Å². The van der Waals surface area contributed by atoms with Crippen molar-refractivity contribution in [1.82, 2.24) is 19.7 Å². The van der Waals surface area contributed by atoms with E-state index in [4.69, 9.17) is 0 Å². The normalized spacial score (nSPS) is 10.2. The number of aryl methyl sites for hydroxylation is 1. The Labute approximate surface area is 98.4 Å². The molecule has 2 heterocycles. The Morgan fingerprint density at radius 1 is 1.41 bits per heavy atom. The zero-order valence-corrected chi connectivity index (χ0v) is 9.50. The van der Waals surface area contributed by atoms with Crippen molar-refractivity contribution in [2.45, 2.75) is 20.0 Å². The van der Waals surface area contributed by atoms with Crippen LogP contribution in [-0.4, -0.2) is 19.7 Å². The van der Waals surface area contributed by atoms with Gasteiger partial charge in [0.25, 0.3) is 5.56 Å². The average Bonchev–Trinajstić information content (AvgIpc) is 2.39. The number of hydrogen-bond acceptors (Lipinski definition) is 5. The van der Waals surface area contributed by atoms with Crippen molar-refractivity contribution < 1.29 is 0 Å². The third-order valence-electron chi connectivity index (χ3n) is 2.32. The van der Waals surface area contributed by atoms with Gasteiger partial charge in [-0.05, 0) is 19.1 Å². The Morgan fingerprint density at radius 3 is 3.00 bits per heavy atom. The second-order valence-electron chi connectivity index (χ2n) is 3.44. The molecule has 0 spiro atoms. The molecule has 88 valence electrons. The van der Waals surface area contributed by atoms with Gasteiger partial charge in [0, 0.05) is 25.1 Å². The second-order valence-corrected chi connectivity index (χ2v) is 3.44. The van der Waals surface area contributed by atoms with Gasteiger partial charge in [-0.2, -0.15) is 10.2 Å². The van der Waals surface area contributed by atoms with Gasteiger partial charge in [0.05, 0.1) is 12.2 Å². The monoisotopic (exact) mass is 231 g/mol. The van der Waals surface area contributed by atoms with Crippen LogP contribution in [0.15, 0.2) is 35.5 Å². The van der Waals surface area contributed by atoms with Crippen LogP contribution in [0.1, 0.15) is 12.6 Å². The summed E-state index contributed by atoms with van der Waals surface area (Å²) in [5.41, 5.74) is 0.638. The van der Waals surface area contributed by atoms with E-state index in [1.165, 1.54) is 0 Å². The highest BCUT2D eigenvalue weighted by molar-refractivity contribution is 5.31. The lowest BCUT2D eigenvalue weighted by Gasteiger charge is -2.06. The van der Waals surface area contributed by atoms with Crippen LogP contribution in [0.3, 0.4) is 0 Å². The largest absolute Gasteiger partial charge is 0.360 e. The molecule has 0 amide bonds. The molecule has 0 radical (unpaired) electrons. The van der Waals surface area contributed by atoms with Gasteiger partial charge in [0.2, 0.25) is 0 Å². The second kappa shape index (κ2) is 5.20. The molecular weight excluding hydrogens is 218 g/mol. The minimum absolute atomic E-state index is 0.126. The number of rotatable bonds is 4. The molecule has 1 N–H and O–H groups in total. The Balaban J connectivity index is 2.12. The molecule has 0 atom stereocenters. The van der Waals surface area contributed by atoms with Crippen LogP contribution in [-0.2, 0) is 13.1 Å². The van der Waals surface area contributed by atoms with Crippen molar-refractivity contribution in [3.05, 3.63) is 46.8 Å². The molecule has 0 unspecified atom stereocenters. The van der Waals surface area contributed by atoms with Gasteiger partial charge in [-0.15, -0.1) is 0 Å². The first-order valence-corrected chi connectivity index (χ1v) is 5.37. The van der Waals surface area contributed by atoms with Gasteiger partial charge in [-0.3, -0.25) is 4.79 Å². The highest BCUT2D eigenvalue weighted by atomic mass is 16.1. The minimum Gasteiger partial charge on any atom is -0.360 e. The summed E-state index contributed by atoms with van der Waals surface area (Å²) in [6, 6.07) is 3.63. The molecule has 2 aromatic rings. The van der Waals surface area contributed by atoms with Crippen LogP contribution in [0, 0.1) is 0 Å². The SMILES string of the molecule is CCn1ccnc(NCc2cccnn2)c1=O. The van der Waals surface area contributed by atoms with E-state index in [1.54, 1.807) is 29.2 Å². The lowest BCUT2D eigenvalue weighted by atomic mass is 10.4. The van der Waals surface area contributed by atoms with E-state index in [0.717, 1.165) is 5.69 Å². The third kappa shape index (κ3) is 2.66. The van der Waals surface area contributed by atoms with Crippen LogP contribution < -0.4 is 10.9 Å².